The molecular formula is C13H25N5. The van der Waals surface area contributed by atoms with Crippen LogP contribution in [0.2, 0.25) is 0 Å². The predicted octanol–water partition coefficient (Wildman–Crippen LogP) is 0.892. The highest BCUT2D eigenvalue weighted by Gasteiger charge is 2.07. The largest absolute Gasteiger partial charge is 0.343 e. The second kappa shape index (κ2) is 7.28. The van der Waals surface area contributed by atoms with E-state index >= 15 is 0 Å². The van der Waals surface area contributed by atoms with Crippen molar-refractivity contribution in [2.24, 2.45) is 0 Å². The van der Waals surface area contributed by atoms with Gasteiger partial charge in [0.15, 0.2) is 0 Å². The lowest BCUT2D eigenvalue weighted by molar-refractivity contribution is 0.415. The van der Waals surface area contributed by atoms with Crippen molar-refractivity contribution >= 4 is 5.95 Å². The smallest absolute Gasteiger partial charge is 0.225 e. The number of aryl methyl sites for hydroxylation is 1. The van der Waals surface area contributed by atoms with E-state index in [4.69, 9.17) is 0 Å². The minimum atomic E-state index is 0.800. The van der Waals surface area contributed by atoms with E-state index in [9.17, 15) is 0 Å². The molecule has 0 aliphatic heterocycles. The van der Waals surface area contributed by atoms with Crippen LogP contribution in [0.5, 0.6) is 0 Å². The van der Waals surface area contributed by atoms with Gasteiger partial charge in [0, 0.05) is 32.4 Å². The third kappa shape index (κ3) is 4.98. The van der Waals surface area contributed by atoms with Crippen LogP contribution in [0.3, 0.4) is 0 Å². The standard InChI is InChI=1S/C13H25N5/c1-6-14-10-12-9-11(2)15-13(16-12)18(5)8-7-17(3)4/h9,14H,6-8,10H2,1-5H3. The van der Waals surface area contributed by atoms with Gasteiger partial charge in [0.2, 0.25) is 5.95 Å². The first kappa shape index (κ1) is 14.9. The molecule has 5 nitrogen and oxygen atoms in total. The van der Waals surface area contributed by atoms with Gasteiger partial charge in [-0.2, -0.15) is 0 Å². The number of rotatable bonds is 7. The monoisotopic (exact) mass is 251 g/mol. The molecule has 0 bridgehead atoms. The van der Waals surface area contributed by atoms with E-state index < -0.39 is 0 Å². The van der Waals surface area contributed by atoms with Crippen LogP contribution in [0.1, 0.15) is 18.3 Å². The summed E-state index contributed by atoms with van der Waals surface area (Å²) >= 11 is 0. The molecule has 1 N–H and O–H groups in total. The van der Waals surface area contributed by atoms with Gasteiger partial charge in [0.05, 0.1) is 5.69 Å². The minimum Gasteiger partial charge on any atom is -0.343 e. The molecule has 0 aliphatic rings. The average Bonchev–Trinajstić information content (AvgIpc) is 2.32. The van der Waals surface area contributed by atoms with Crippen LogP contribution in [0, 0.1) is 6.92 Å². The van der Waals surface area contributed by atoms with Crippen molar-refractivity contribution in [1.82, 2.24) is 20.2 Å². The Bertz CT molecular complexity index is 364. The molecule has 0 unspecified atom stereocenters. The number of likely N-dealkylation sites (N-methyl/N-ethyl adjacent to an activating group) is 2. The third-order valence-electron chi connectivity index (χ3n) is 2.68. The average molecular weight is 251 g/mol. The highest BCUT2D eigenvalue weighted by atomic mass is 15.2. The Kier molecular flexibility index (Phi) is 6.01. The fraction of sp³-hybridized carbons (Fsp3) is 0.692. The summed E-state index contributed by atoms with van der Waals surface area (Å²) in [4.78, 5) is 13.3. The van der Waals surface area contributed by atoms with Gasteiger partial charge in [-0.15, -0.1) is 0 Å². The summed E-state index contributed by atoms with van der Waals surface area (Å²) < 4.78 is 0. The van der Waals surface area contributed by atoms with Gasteiger partial charge in [-0.25, -0.2) is 9.97 Å². The predicted molar refractivity (Wildman–Crippen MR) is 76.0 cm³/mol. The molecule has 0 radical (unpaired) electrons. The summed E-state index contributed by atoms with van der Waals surface area (Å²) in [6, 6.07) is 2.03. The molecule has 5 heteroatoms. The highest BCUT2D eigenvalue weighted by molar-refractivity contribution is 5.31. The molecule has 1 rings (SSSR count). The number of aromatic nitrogens is 2. The molecule has 0 amide bonds. The molecule has 0 saturated heterocycles. The number of hydrogen-bond donors (Lipinski definition) is 1. The van der Waals surface area contributed by atoms with Crippen molar-refractivity contribution in [2.45, 2.75) is 20.4 Å². The fourth-order valence-electron chi connectivity index (χ4n) is 1.58. The van der Waals surface area contributed by atoms with Crippen LogP contribution in [0.15, 0.2) is 6.07 Å². The zero-order valence-electron chi connectivity index (χ0n) is 12.2. The quantitative estimate of drug-likeness (QED) is 0.780. The van der Waals surface area contributed by atoms with Crippen molar-refractivity contribution in [2.75, 3.05) is 45.7 Å². The molecular weight excluding hydrogens is 226 g/mol. The highest BCUT2D eigenvalue weighted by Crippen LogP contribution is 2.08. The van der Waals surface area contributed by atoms with Gasteiger partial charge in [-0.05, 0) is 33.6 Å². The lowest BCUT2D eigenvalue weighted by Crippen LogP contribution is -2.30. The van der Waals surface area contributed by atoms with Crippen LogP contribution < -0.4 is 10.2 Å². The van der Waals surface area contributed by atoms with Crippen molar-refractivity contribution in [3.63, 3.8) is 0 Å². The van der Waals surface area contributed by atoms with Gasteiger partial charge >= 0.3 is 0 Å². The number of nitrogens with one attached hydrogen (secondary N) is 1. The Balaban J connectivity index is 2.71. The van der Waals surface area contributed by atoms with E-state index in [0.717, 1.165) is 43.5 Å². The van der Waals surface area contributed by atoms with Gasteiger partial charge in [-0.1, -0.05) is 6.92 Å². The van der Waals surface area contributed by atoms with Crippen molar-refractivity contribution < 1.29 is 0 Å². The summed E-state index contributed by atoms with van der Waals surface area (Å²) in [5, 5.41) is 3.29. The molecule has 0 fully saturated rings. The molecule has 18 heavy (non-hydrogen) atoms. The summed E-state index contributed by atoms with van der Waals surface area (Å²) in [6.07, 6.45) is 0. The van der Waals surface area contributed by atoms with Crippen LogP contribution in [-0.2, 0) is 6.54 Å². The first-order valence-corrected chi connectivity index (χ1v) is 6.44. The molecule has 1 aromatic heterocycles. The normalized spacial score (nSPS) is 11.0. The molecule has 0 atom stereocenters. The Morgan fingerprint density at radius 2 is 1.89 bits per heavy atom. The van der Waals surface area contributed by atoms with Crippen LogP contribution in [0.25, 0.3) is 0 Å². The van der Waals surface area contributed by atoms with E-state index in [-0.39, 0.29) is 0 Å². The zero-order valence-corrected chi connectivity index (χ0v) is 12.2. The van der Waals surface area contributed by atoms with E-state index in [2.05, 4.69) is 46.1 Å². The summed E-state index contributed by atoms with van der Waals surface area (Å²) in [5.74, 6) is 0.810. The summed E-state index contributed by atoms with van der Waals surface area (Å²) in [7, 11) is 6.18. The number of hydrogen-bond acceptors (Lipinski definition) is 5. The Morgan fingerprint density at radius 3 is 2.50 bits per heavy atom. The first-order valence-electron chi connectivity index (χ1n) is 6.44. The third-order valence-corrected chi connectivity index (χ3v) is 2.68. The lowest BCUT2D eigenvalue weighted by atomic mass is 10.3. The van der Waals surface area contributed by atoms with Crippen LogP contribution in [-0.4, -0.2) is 55.6 Å². The molecule has 0 aliphatic carbocycles. The Labute approximate surface area is 110 Å². The fourth-order valence-corrected chi connectivity index (χ4v) is 1.58. The molecule has 0 aromatic carbocycles. The van der Waals surface area contributed by atoms with Crippen molar-refractivity contribution in [1.29, 1.82) is 0 Å². The first-order chi connectivity index (χ1) is 8.52. The van der Waals surface area contributed by atoms with Gasteiger partial charge < -0.3 is 15.1 Å². The van der Waals surface area contributed by atoms with Gasteiger partial charge in [0.1, 0.15) is 0 Å². The zero-order chi connectivity index (χ0) is 13.5. The molecule has 1 aromatic rings. The molecule has 102 valence electrons. The van der Waals surface area contributed by atoms with E-state index in [0.29, 0.717) is 0 Å². The second-order valence-electron chi connectivity index (χ2n) is 4.81. The number of nitrogens with zero attached hydrogens (tertiary/aromatic N) is 4. The summed E-state index contributed by atoms with van der Waals surface area (Å²) in [6.45, 7) is 7.79. The van der Waals surface area contributed by atoms with Crippen LogP contribution in [0.4, 0.5) is 5.95 Å². The van der Waals surface area contributed by atoms with E-state index in [1.54, 1.807) is 0 Å². The van der Waals surface area contributed by atoms with Crippen molar-refractivity contribution in [3.8, 4) is 0 Å². The topological polar surface area (TPSA) is 44.3 Å². The maximum Gasteiger partial charge on any atom is 0.225 e. The SMILES string of the molecule is CCNCc1cc(C)nc(N(C)CCN(C)C)n1. The number of anilines is 1. The van der Waals surface area contributed by atoms with Gasteiger partial charge in [-0.3, -0.25) is 0 Å². The lowest BCUT2D eigenvalue weighted by Gasteiger charge is -2.20. The minimum absolute atomic E-state index is 0.800. The van der Waals surface area contributed by atoms with Crippen LogP contribution >= 0.6 is 0 Å². The maximum absolute atomic E-state index is 4.58. The summed E-state index contributed by atoms with van der Waals surface area (Å²) in [5.41, 5.74) is 2.07. The maximum atomic E-state index is 4.58. The van der Waals surface area contributed by atoms with Crippen molar-refractivity contribution in [3.05, 3.63) is 17.5 Å². The second-order valence-corrected chi connectivity index (χ2v) is 4.81. The van der Waals surface area contributed by atoms with Gasteiger partial charge in [0.25, 0.3) is 0 Å². The Morgan fingerprint density at radius 1 is 1.17 bits per heavy atom. The van der Waals surface area contributed by atoms with E-state index in [1.807, 2.05) is 20.0 Å². The molecule has 0 saturated carbocycles. The Hall–Kier alpha value is -1.20. The van der Waals surface area contributed by atoms with E-state index in [1.165, 1.54) is 0 Å². The molecule has 1 heterocycles. The molecule has 0 spiro atoms.